The molecule has 3 rings (SSSR count). The lowest BCUT2D eigenvalue weighted by atomic mass is 10.1. The number of nitrogens with zero attached hydrogens (tertiary/aromatic N) is 1. The van der Waals surface area contributed by atoms with Gasteiger partial charge in [0, 0.05) is 5.56 Å². The number of amides is 1. The van der Waals surface area contributed by atoms with E-state index in [1.165, 1.54) is 11.1 Å². The minimum absolute atomic E-state index is 0.0644. The van der Waals surface area contributed by atoms with Crippen LogP contribution < -0.4 is 5.32 Å². The van der Waals surface area contributed by atoms with Gasteiger partial charge in [0.05, 0.1) is 5.69 Å². The molecule has 1 amide bonds. The second-order valence-electron chi connectivity index (χ2n) is 5.07. The molecule has 0 saturated carbocycles. The zero-order valence-corrected chi connectivity index (χ0v) is 12.3. The van der Waals surface area contributed by atoms with Crippen molar-refractivity contribution in [2.45, 2.75) is 26.2 Å². The molecule has 21 heavy (non-hydrogen) atoms. The van der Waals surface area contributed by atoms with Crippen molar-refractivity contribution < 1.29 is 14.7 Å². The summed E-state index contributed by atoms with van der Waals surface area (Å²) < 4.78 is 3.99. The molecule has 5 nitrogen and oxygen atoms in total. The molecule has 0 fully saturated rings. The zero-order valence-electron chi connectivity index (χ0n) is 11.5. The molecule has 2 N–H and O–H groups in total. The fourth-order valence-electron chi connectivity index (χ4n) is 2.60. The number of rotatable bonds is 3. The van der Waals surface area contributed by atoms with Crippen LogP contribution in [-0.4, -0.2) is 21.4 Å². The second-order valence-corrected chi connectivity index (χ2v) is 5.84. The summed E-state index contributed by atoms with van der Waals surface area (Å²) in [5.41, 5.74) is 3.54. The molecule has 0 unspecified atom stereocenters. The number of aromatic nitrogens is 1. The van der Waals surface area contributed by atoms with E-state index in [9.17, 15) is 9.59 Å². The van der Waals surface area contributed by atoms with Gasteiger partial charge in [0.2, 0.25) is 0 Å². The summed E-state index contributed by atoms with van der Waals surface area (Å²) in [7, 11) is 0. The summed E-state index contributed by atoms with van der Waals surface area (Å²) in [4.78, 5) is 23.5. The summed E-state index contributed by atoms with van der Waals surface area (Å²) in [5.74, 6) is -1.37. The Morgan fingerprint density at radius 2 is 2.05 bits per heavy atom. The van der Waals surface area contributed by atoms with Crippen molar-refractivity contribution in [3.8, 4) is 0 Å². The van der Waals surface area contributed by atoms with E-state index in [0.29, 0.717) is 11.3 Å². The average Bonchev–Trinajstić information content (AvgIpc) is 3.04. The van der Waals surface area contributed by atoms with Gasteiger partial charge in [-0.3, -0.25) is 4.79 Å². The van der Waals surface area contributed by atoms with Gasteiger partial charge in [-0.15, -0.1) is 0 Å². The molecular formula is C15H14N2O3S. The molecule has 0 spiro atoms. The number of nitrogens with one attached hydrogen (secondary N) is 1. The molecular weight excluding hydrogens is 288 g/mol. The molecule has 0 radical (unpaired) electrons. The summed E-state index contributed by atoms with van der Waals surface area (Å²) in [6, 6.07) is 5.66. The van der Waals surface area contributed by atoms with E-state index in [-0.39, 0.29) is 16.5 Å². The SMILES string of the molecule is Cc1nsc(NC(=O)c2ccc3c(c2)CCC3)c1C(=O)O. The van der Waals surface area contributed by atoms with Crippen molar-refractivity contribution >= 4 is 28.4 Å². The topological polar surface area (TPSA) is 79.3 Å². The fraction of sp³-hybridized carbons (Fsp3) is 0.267. The van der Waals surface area contributed by atoms with Gasteiger partial charge in [0.1, 0.15) is 10.6 Å². The molecule has 108 valence electrons. The van der Waals surface area contributed by atoms with Crippen LogP contribution in [0.1, 0.15) is 44.0 Å². The number of carboxylic acid groups (broad SMARTS) is 1. The lowest BCUT2D eigenvalue weighted by Gasteiger charge is -2.06. The normalized spacial score (nSPS) is 13.0. The summed E-state index contributed by atoms with van der Waals surface area (Å²) in [5, 5.41) is 12.1. The highest BCUT2D eigenvalue weighted by atomic mass is 32.1. The third-order valence-corrected chi connectivity index (χ3v) is 4.52. The number of carboxylic acids is 1. The average molecular weight is 302 g/mol. The predicted molar refractivity (Wildman–Crippen MR) is 80.2 cm³/mol. The first kappa shape index (κ1) is 13.8. The van der Waals surface area contributed by atoms with Crippen LogP contribution in [-0.2, 0) is 12.8 Å². The van der Waals surface area contributed by atoms with Crippen LogP contribution >= 0.6 is 11.5 Å². The Balaban J connectivity index is 1.85. The van der Waals surface area contributed by atoms with E-state index < -0.39 is 5.97 Å². The van der Waals surface area contributed by atoms with Gasteiger partial charge in [-0.05, 0) is 61.0 Å². The van der Waals surface area contributed by atoms with E-state index in [0.717, 1.165) is 30.8 Å². The molecule has 0 aliphatic heterocycles. The smallest absolute Gasteiger partial charge is 0.340 e. The zero-order chi connectivity index (χ0) is 15.0. The summed E-state index contributed by atoms with van der Waals surface area (Å²) in [6.45, 7) is 1.62. The predicted octanol–water partition coefficient (Wildman–Crippen LogP) is 2.89. The van der Waals surface area contributed by atoms with Gasteiger partial charge in [-0.1, -0.05) is 6.07 Å². The van der Waals surface area contributed by atoms with Crippen molar-refractivity contribution in [2.75, 3.05) is 5.32 Å². The van der Waals surface area contributed by atoms with E-state index in [4.69, 9.17) is 5.11 Å². The molecule has 1 aromatic heterocycles. The third kappa shape index (κ3) is 2.54. The number of carbonyl (C=O) groups excluding carboxylic acids is 1. The third-order valence-electron chi connectivity index (χ3n) is 3.66. The van der Waals surface area contributed by atoms with E-state index in [1.54, 1.807) is 13.0 Å². The first-order valence-corrected chi connectivity index (χ1v) is 7.46. The minimum atomic E-state index is -1.08. The van der Waals surface area contributed by atoms with Crippen LogP contribution in [0.4, 0.5) is 5.00 Å². The van der Waals surface area contributed by atoms with Crippen LogP contribution in [0.15, 0.2) is 18.2 Å². The van der Waals surface area contributed by atoms with Crippen LogP contribution in [0.2, 0.25) is 0 Å². The van der Waals surface area contributed by atoms with E-state index >= 15 is 0 Å². The first-order valence-electron chi connectivity index (χ1n) is 6.69. The van der Waals surface area contributed by atoms with Crippen LogP contribution in [0.3, 0.4) is 0 Å². The lowest BCUT2D eigenvalue weighted by Crippen LogP contribution is -2.14. The Bertz CT molecular complexity index is 737. The maximum Gasteiger partial charge on any atom is 0.340 e. The van der Waals surface area contributed by atoms with E-state index in [2.05, 4.69) is 9.69 Å². The van der Waals surface area contributed by atoms with Crippen molar-refractivity contribution in [3.05, 3.63) is 46.1 Å². The molecule has 6 heteroatoms. The molecule has 0 atom stereocenters. The van der Waals surface area contributed by atoms with E-state index in [1.807, 2.05) is 12.1 Å². The number of aromatic carboxylic acids is 1. The molecule has 1 aliphatic carbocycles. The number of hydrogen-bond donors (Lipinski definition) is 2. The van der Waals surface area contributed by atoms with Crippen molar-refractivity contribution in [1.29, 1.82) is 0 Å². The lowest BCUT2D eigenvalue weighted by molar-refractivity contribution is 0.0697. The molecule has 1 aliphatic rings. The van der Waals surface area contributed by atoms with Crippen molar-refractivity contribution in [3.63, 3.8) is 0 Å². The Labute approximate surface area is 125 Å². The first-order chi connectivity index (χ1) is 10.1. The Kier molecular flexibility index (Phi) is 3.47. The van der Waals surface area contributed by atoms with Crippen LogP contribution in [0, 0.1) is 6.92 Å². The minimum Gasteiger partial charge on any atom is -0.478 e. The number of hydrogen-bond acceptors (Lipinski definition) is 4. The van der Waals surface area contributed by atoms with Gasteiger partial charge in [-0.25, -0.2) is 4.79 Å². The van der Waals surface area contributed by atoms with Gasteiger partial charge >= 0.3 is 5.97 Å². The van der Waals surface area contributed by atoms with Gasteiger partial charge in [0.25, 0.3) is 5.91 Å². The number of anilines is 1. The highest BCUT2D eigenvalue weighted by Gasteiger charge is 2.20. The Hall–Kier alpha value is -2.21. The molecule has 1 heterocycles. The quantitative estimate of drug-likeness (QED) is 0.913. The Morgan fingerprint density at radius 3 is 2.81 bits per heavy atom. The number of fused-ring (bicyclic) bond motifs is 1. The number of benzene rings is 1. The summed E-state index contributed by atoms with van der Waals surface area (Å²) in [6.07, 6.45) is 3.18. The van der Waals surface area contributed by atoms with Gasteiger partial charge < -0.3 is 10.4 Å². The standard InChI is InChI=1S/C15H14N2O3S/c1-8-12(15(19)20)14(21-17-8)16-13(18)11-6-5-9-3-2-4-10(9)7-11/h5-7H,2-4H2,1H3,(H,16,18)(H,19,20). The van der Waals surface area contributed by atoms with Gasteiger partial charge in [0.15, 0.2) is 0 Å². The maximum absolute atomic E-state index is 12.3. The highest BCUT2D eigenvalue weighted by Crippen LogP contribution is 2.26. The van der Waals surface area contributed by atoms with Crippen LogP contribution in [0.25, 0.3) is 0 Å². The molecule has 1 aromatic carbocycles. The largest absolute Gasteiger partial charge is 0.478 e. The van der Waals surface area contributed by atoms with Crippen molar-refractivity contribution in [2.24, 2.45) is 0 Å². The fourth-order valence-corrected chi connectivity index (χ4v) is 3.38. The van der Waals surface area contributed by atoms with Crippen molar-refractivity contribution in [1.82, 2.24) is 4.37 Å². The Morgan fingerprint density at radius 1 is 1.29 bits per heavy atom. The maximum atomic E-state index is 12.3. The molecule has 0 saturated heterocycles. The second kappa shape index (κ2) is 5.29. The number of aryl methyl sites for hydroxylation is 3. The highest BCUT2D eigenvalue weighted by molar-refractivity contribution is 7.11. The molecule has 2 aromatic rings. The number of carbonyl (C=O) groups is 2. The molecule has 0 bridgehead atoms. The van der Waals surface area contributed by atoms with Crippen LogP contribution in [0.5, 0.6) is 0 Å². The summed E-state index contributed by atoms with van der Waals surface area (Å²) >= 11 is 0.990. The van der Waals surface area contributed by atoms with Gasteiger partial charge in [-0.2, -0.15) is 4.37 Å². The monoisotopic (exact) mass is 302 g/mol.